The molecule has 1 unspecified atom stereocenters. The molecule has 1 N–H and O–H groups in total. The molecule has 3 rings (SSSR count). The van der Waals surface area contributed by atoms with Gasteiger partial charge >= 0.3 is 0 Å². The Morgan fingerprint density at radius 1 is 1.20 bits per heavy atom. The molecule has 1 aliphatic heterocycles. The van der Waals surface area contributed by atoms with Crippen LogP contribution in [0.5, 0.6) is 0 Å². The van der Waals surface area contributed by atoms with Crippen LogP contribution < -0.4 is 5.32 Å². The van der Waals surface area contributed by atoms with Gasteiger partial charge in [0.05, 0.1) is 4.88 Å². The topological polar surface area (TPSA) is 49.4 Å². The van der Waals surface area contributed by atoms with Gasteiger partial charge in [-0.2, -0.15) is 0 Å². The van der Waals surface area contributed by atoms with Crippen molar-refractivity contribution in [2.45, 2.75) is 31.7 Å². The predicted octanol–water partition coefficient (Wildman–Crippen LogP) is 3.24. The number of thiophene rings is 1. The zero-order valence-corrected chi connectivity index (χ0v) is 14.7. The van der Waals surface area contributed by atoms with Gasteiger partial charge in [0.2, 0.25) is 5.91 Å². The molecule has 1 fully saturated rings. The molecule has 2 heterocycles. The first kappa shape index (κ1) is 17.6. The number of nitrogens with one attached hydrogen (secondary N) is 1. The van der Waals surface area contributed by atoms with Crippen molar-refractivity contribution in [3.63, 3.8) is 0 Å². The van der Waals surface area contributed by atoms with Crippen molar-refractivity contribution < 1.29 is 14.0 Å². The Hall–Kier alpha value is -2.21. The van der Waals surface area contributed by atoms with Crippen molar-refractivity contribution in [2.75, 3.05) is 13.1 Å². The van der Waals surface area contributed by atoms with Crippen LogP contribution >= 0.6 is 11.3 Å². The highest BCUT2D eigenvalue weighted by atomic mass is 32.1. The minimum absolute atomic E-state index is 0.0617. The highest BCUT2D eigenvalue weighted by molar-refractivity contribution is 7.12. The van der Waals surface area contributed by atoms with Crippen LogP contribution in [0, 0.1) is 5.82 Å². The van der Waals surface area contributed by atoms with Crippen LogP contribution in [0.25, 0.3) is 0 Å². The number of hydrogen-bond acceptors (Lipinski definition) is 3. The minimum Gasteiger partial charge on any atom is -0.354 e. The van der Waals surface area contributed by atoms with Gasteiger partial charge in [-0.1, -0.05) is 18.2 Å². The molecule has 0 aliphatic carbocycles. The standard InChI is InChI=1S/C19H21FN2O2S/c20-15-8-6-14(7-9-15)10-11-21-18(23)16-4-1-2-12-22(16)19(24)17-5-3-13-25-17/h3,5-9,13,16H,1-2,4,10-12H2,(H,21,23). The van der Waals surface area contributed by atoms with Gasteiger partial charge in [-0.05, 0) is 54.8 Å². The van der Waals surface area contributed by atoms with Crippen molar-refractivity contribution in [1.29, 1.82) is 0 Å². The first-order valence-corrected chi connectivity index (χ1v) is 9.40. The van der Waals surface area contributed by atoms with Crippen LogP contribution in [0.4, 0.5) is 4.39 Å². The predicted molar refractivity (Wildman–Crippen MR) is 96.1 cm³/mol. The molecule has 1 atom stereocenters. The lowest BCUT2D eigenvalue weighted by molar-refractivity contribution is -0.126. The average molecular weight is 360 g/mol. The largest absolute Gasteiger partial charge is 0.354 e. The van der Waals surface area contributed by atoms with E-state index in [1.165, 1.54) is 23.5 Å². The van der Waals surface area contributed by atoms with E-state index in [4.69, 9.17) is 0 Å². The summed E-state index contributed by atoms with van der Waals surface area (Å²) in [5.74, 6) is -0.433. The number of likely N-dealkylation sites (tertiary alicyclic amines) is 1. The monoisotopic (exact) mass is 360 g/mol. The highest BCUT2D eigenvalue weighted by Crippen LogP contribution is 2.22. The van der Waals surface area contributed by atoms with Crippen molar-refractivity contribution in [3.8, 4) is 0 Å². The van der Waals surface area contributed by atoms with Crippen molar-refractivity contribution in [2.24, 2.45) is 0 Å². The molecule has 6 heteroatoms. The molecule has 1 aromatic heterocycles. The van der Waals surface area contributed by atoms with Crippen LogP contribution in [0.2, 0.25) is 0 Å². The summed E-state index contributed by atoms with van der Waals surface area (Å²) in [6, 6.07) is 9.50. The summed E-state index contributed by atoms with van der Waals surface area (Å²) in [4.78, 5) is 27.6. The lowest BCUT2D eigenvalue weighted by atomic mass is 10.0. The molecule has 1 aliphatic rings. The third kappa shape index (κ3) is 4.45. The second kappa shape index (κ2) is 8.25. The molecule has 1 saturated heterocycles. The number of benzene rings is 1. The maximum atomic E-state index is 12.9. The van der Waals surface area contributed by atoms with Gasteiger partial charge in [-0.3, -0.25) is 9.59 Å². The molecule has 0 spiro atoms. The fourth-order valence-corrected chi connectivity index (χ4v) is 3.77. The maximum Gasteiger partial charge on any atom is 0.264 e. The maximum absolute atomic E-state index is 12.9. The molecule has 25 heavy (non-hydrogen) atoms. The molecule has 132 valence electrons. The van der Waals surface area contributed by atoms with Crippen molar-refractivity contribution >= 4 is 23.2 Å². The lowest BCUT2D eigenvalue weighted by Crippen LogP contribution is -2.52. The molecule has 2 amide bonds. The van der Waals surface area contributed by atoms with E-state index < -0.39 is 6.04 Å². The van der Waals surface area contributed by atoms with E-state index in [1.54, 1.807) is 23.1 Å². The SMILES string of the molecule is O=C(NCCc1ccc(F)cc1)C1CCCCN1C(=O)c1cccs1. The third-order valence-corrected chi connectivity index (χ3v) is 5.28. The van der Waals surface area contributed by atoms with Crippen LogP contribution in [0.3, 0.4) is 0 Å². The Bertz CT molecular complexity index is 716. The normalized spacial score (nSPS) is 17.3. The summed E-state index contributed by atoms with van der Waals surface area (Å²) in [5, 5.41) is 4.79. The fraction of sp³-hybridized carbons (Fsp3) is 0.368. The minimum atomic E-state index is -0.406. The molecule has 0 saturated carbocycles. The molecule has 0 bridgehead atoms. The zero-order chi connectivity index (χ0) is 17.6. The summed E-state index contributed by atoms with van der Waals surface area (Å²) in [6.45, 7) is 1.09. The van der Waals surface area contributed by atoms with Gasteiger partial charge in [-0.15, -0.1) is 11.3 Å². The summed E-state index contributed by atoms with van der Waals surface area (Å²) < 4.78 is 12.9. The molecule has 4 nitrogen and oxygen atoms in total. The van der Waals surface area contributed by atoms with Gasteiger partial charge in [0.1, 0.15) is 11.9 Å². The number of hydrogen-bond donors (Lipinski definition) is 1. The van der Waals surface area contributed by atoms with E-state index >= 15 is 0 Å². The second-order valence-electron chi connectivity index (χ2n) is 6.15. The lowest BCUT2D eigenvalue weighted by Gasteiger charge is -2.34. The molecule has 1 aromatic carbocycles. The van der Waals surface area contributed by atoms with Crippen LogP contribution in [0.1, 0.15) is 34.5 Å². The smallest absolute Gasteiger partial charge is 0.264 e. The molecule has 0 radical (unpaired) electrons. The summed E-state index contributed by atoms with van der Waals surface area (Å²) in [7, 11) is 0. The Morgan fingerprint density at radius 3 is 2.72 bits per heavy atom. The second-order valence-corrected chi connectivity index (χ2v) is 7.10. The molecular formula is C19H21FN2O2S. The Balaban J connectivity index is 1.57. The first-order valence-electron chi connectivity index (χ1n) is 8.52. The van der Waals surface area contributed by atoms with E-state index in [-0.39, 0.29) is 17.6 Å². The van der Waals surface area contributed by atoms with Crippen LogP contribution in [0.15, 0.2) is 41.8 Å². The van der Waals surface area contributed by atoms with Crippen molar-refractivity contribution in [1.82, 2.24) is 10.2 Å². The first-order chi connectivity index (χ1) is 12.1. The Kier molecular flexibility index (Phi) is 5.81. The van der Waals surface area contributed by atoms with Gasteiger partial charge in [-0.25, -0.2) is 4.39 Å². The van der Waals surface area contributed by atoms with Crippen LogP contribution in [-0.2, 0) is 11.2 Å². The van der Waals surface area contributed by atoms with E-state index in [1.807, 2.05) is 11.4 Å². The highest BCUT2D eigenvalue weighted by Gasteiger charge is 2.32. The Labute approximate surface area is 150 Å². The number of carbonyl (C=O) groups is 2. The van der Waals surface area contributed by atoms with Gasteiger partial charge in [0.15, 0.2) is 0 Å². The summed E-state index contributed by atoms with van der Waals surface area (Å²) in [5.41, 5.74) is 0.969. The number of nitrogens with zero attached hydrogens (tertiary/aromatic N) is 1. The van der Waals surface area contributed by atoms with E-state index in [2.05, 4.69) is 5.32 Å². The van der Waals surface area contributed by atoms with Gasteiger partial charge in [0.25, 0.3) is 5.91 Å². The number of piperidine rings is 1. The van der Waals surface area contributed by atoms with E-state index in [9.17, 15) is 14.0 Å². The van der Waals surface area contributed by atoms with Gasteiger partial charge < -0.3 is 10.2 Å². The number of amides is 2. The number of carbonyl (C=O) groups excluding carboxylic acids is 2. The number of rotatable bonds is 5. The summed E-state index contributed by atoms with van der Waals surface area (Å²) in [6.07, 6.45) is 3.21. The molecular weight excluding hydrogens is 339 g/mol. The molecule has 2 aromatic rings. The van der Waals surface area contributed by atoms with E-state index in [0.717, 1.165) is 18.4 Å². The Morgan fingerprint density at radius 2 is 2.00 bits per heavy atom. The third-order valence-electron chi connectivity index (χ3n) is 4.42. The zero-order valence-electron chi connectivity index (χ0n) is 13.9. The average Bonchev–Trinajstić information content (AvgIpc) is 3.17. The van der Waals surface area contributed by atoms with Crippen molar-refractivity contribution in [3.05, 3.63) is 58.0 Å². The quantitative estimate of drug-likeness (QED) is 0.890. The number of halogens is 1. The van der Waals surface area contributed by atoms with Crippen LogP contribution in [-0.4, -0.2) is 35.8 Å². The van der Waals surface area contributed by atoms with Gasteiger partial charge in [0, 0.05) is 13.1 Å². The summed E-state index contributed by atoms with van der Waals surface area (Å²) >= 11 is 1.40. The van der Waals surface area contributed by atoms with E-state index in [0.29, 0.717) is 30.8 Å². The fourth-order valence-electron chi connectivity index (χ4n) is 3.09.